The molecule has 3 saturated carbocycles. The number of aliphatic hydroxyl groups excluding tert-OH is 2. The van der Waals surface area contributed by atoms with Crippen LogP contribution in [0.25, 0.3) is 0 Å². The second kappa shape index (κ2) is 6.25. The van der Waals surface area contributed by atoms with Crippen LogP contribution in [0.5, 0.6) is 0 Å². The van der Waals surface area contributed by atoms with E-state index < -0.39 is 28.6 Å². The molecule has 0 saturated heterocycles. The summed E-state index contributed by atoms with van der Waals surface area (Å²) < 4.78 is 5.14. The first-order valence-corrected chi connectivity index (χ1v) is 10.9. The molecule has 0 amide bonds. The van der Waals surface area contributed by atoms with E-state index in [-0.39, 0.29) is 30.1 Å². The Balaban J connectivity index is 1.54. The Bertz CT molecular complexity index is 816. The molecule has 5 rings (SSSR count). The average molecular weight is 402 g/mol. The molecule has 3 fully saturated rings. The van der Waals surface area contributed by atoms with Gasteiger partial charge in [-0.05, 0) is 73.8 Å². The van der Waals surface area contributed by atoms with Gasteiger partial charge in [-0.15, -0.1) is 0 Å². The molecule has 6 heteroatoms. The number of aldehydes is 1. The highest BCUT2D eigenvalue weighted by atomic mass is 16.5. The lowest BCUT2D eigenvalue weighted by Crippen LogP contribution is -2.60. The molecule has 1 aliphatic heterocycles. The molecule has 8 atom stereocenters. The molecule has 6 nitrogen and oxygen atoms in total. The molecule has 0 aromatic rings. The minimum absolute atomic E-state index is 0.000804. The predicted molar refractivity (Wildman–Crippen MR) is 103 cm³/mol. The van der Waals surface area contributed by atoms with Crippen LogP contribution in [0.4, 0.5) is 0 Å². The molecular formula is C23H30O6. The van der Waals surface area contributed by atoms with Gasteiger partial charge in [-0.1, -0.05) is 13.0 Å². The van der Waals surface area contributed by atoms with Gasteiger partial charge in [0.05, 0.1) is 17.8 Å². The van der Waals surface area contributed by atoms with Crippen LogP contribution in [0.15, 0.2) is 23.3 Å². The van der Waals surface area contributed by atoms with Crippen molar-refractivity contribution in [2.75, 3.05) is 6.61 Å². The number of fused-ring (bicyclic) bond motifs is 5. The van der Waals surface area contributed by atoms with Crippen LogP contribution < -0.4 is 0 Å². The number of allylic oxidation sites excluding steroid dienone is 1. The standard InChI is InChI=1S/C23H30O6/c1-21-6-4-16-17(3-2-14-9-18(25)19(26)10-22(14,16)12-24)23(21,28)7-5-15(21)13-8-20(27)29-11-13/h3,8,12,14-16,18-19,25-26,28H,2,4-7,9-11H2,1H3. The van der Waals surface area contributed by atoms with Crippen molar-refractivity contribution in [2.24, 2.45) is 28.6 Å². The molecule has 5 aliphatic rings. The summed E-state index contributed by atoms with van der Waals surface area (Å²) in [6.07, 6.45) is 7.26. The molecule has 0 aromatic heterocycles. The monoisotopic (exact) mass is 402 g/mol. The van der Waals surface area contributed by atoms with Crippen molar-refractivity contribution in [1.82, 2.24) is 0 Å². The number of hydrogen-bond acceptors (Lipinski definition) is 6. The maximum atomic E-state index is 12.4. The van der Waals surface area contributed by atoms with Crippen molar-refractivity contribution in [1.29, 1.82) is 0 Å². The van der Waals surface area contributed by atoms with Crippen LogP contribution in [-0.4, -0.2) is 52.0 Å². The maximum Gasteiger partial charge on any atom is 0.331 e. The van der Waals surface area contributed by atoms with Crippen LogP contribution >= 0.6 is 0 Å². The third-order valence-corrected chi connectivity index (χ3v) is 9.23. The molecule has 0 aromatic carbocycles. The van der Waals surface area contributed by atoms with Gasteiger partial charge >= 0.3 is 5.97 Å². The number of ether oxygens (including phenoxy) is 1. The van der Waals surface area contributed by atoms with Crippen molar-refractivity contribution in [3.05, 3.63) is 23.3 Å². The zero-order valence-corrected chi connectivity index (χ0v) is 16.8. The zero-order valence-electron chi connectivity index (χ0n) is 16.8. The van der Waals surface area contributed by atoms with Crippen molar-refractivity contribution < 1.29 is 29.6 Å². The number of esters is 1. The third-order valence-electron chi connectivity index (χ3n) is 9.23. The van der Waals surface area contributed by atoms with Crippen molar-refractivity contribution in [3.63, 3.8) is 0 Å². The second-order valence-electron chi connectivity index (χ2n) is 10.2. The van der Waals surface area contributed by atoms with E-state index in [0.717, 1.165) is 36.7 Å². The van der Waals surface area contributed by atoms with Gasteiger partial charge in [0.15, 0.2) is 0 Å². The smallest absolute Gasteiger partial charge is 0.331 e. The van der Waals surface area contributed by atoms with Gasteiger partial charge in [0.2, 0.25) is 0 Å². The summed E-state index contributed by atoms with van der Waals surface area (Å²) in [5, 5.41) is 32.6. The van der Waals surface area contributed by atoms with Gasteiger partial charge in [0.25, 0.3) is 0 Å². The minimum atomic E-state index is -1.02. The molecule has 3 N–H and O–H groups in total. The third kappa shape index (κ3) is 2.39. The van der Waals surface area contributed by atoms with E-state index in [1.54, 1.807) is 6.08 Å². The highest BCUT2D eigenvalue weighted by Crippen LogP contribution is 2.68. The van der Waals surface area contributed by atoms with Gasteiger partial charge in [0, 0.05) is 16.9 Å². The number of cyclic esters (lactones) is 1. The Labute approximate surface area is 170 Å². The fraction of sp³-hybridized carbons (Fsp3) is 0.739. The molecule has 0 radical (unpaired) electrons. The van der Waals surface area contributed by atoms with E-state index in [4.69, 9.17) is 4.74 Å². The van der Waals surface area contributed by atoms with E-state index in [9.17, 15) is 24.9 Å². The lowest BCUT2D eigenvalue weighted by molar-refractivity contribution is -0.152. The van der Waals surface area contributed by atoms with Crippen molar-refractivity contribution >= 4 is 12.3 Å². The van der Waals surface area contributed by atoms with Crippen LogP contribution in [0.2, 0.25) is 0 Å². The normalized spacial score (nSPS) is 51.3. The fourth-order valence-corrected chi connectivity index (χ4v) is 7.61. The van der Waals surface area contributed by atoms with Crippen LogP contribution in [0.1, 0.15) is 51.9 Å². The number of aliphatic hydroxyl groups is 3. The molecule has 0 bridgehead atoms. The highest BCUT2D eigenvalue weighted by Gasteiger charge is 2.66. The van der Waals surface area contributed by atoms with E-state index in [1.165, 1.54) is 0 Å². The first-order chi connectivity index (χ1) is 13.7. The molecular weight excluding hydrogens is 372 g/mol. The zero-order chi connectivity index (χ0) is 20.6. The first kappa shape index (κ1) is 19.5. The van der Waals surface area contributed by atoms with Crippen LogP contribution in [0, 0.1) is 28.6 Å². The Hall–Kier alpha value is -1.50. The van der Waals surface area contributed by atoms with E-state index in [2.05, 4.69) is 13.0 Å². The Kier molecular flexibility index (Phi) is 4.20. The summed E-state index contributed by atoms with van der Waals surface area (Å²) >= 11 is 0. The van der Waals surface area contributed by atoms with E-state index in [1.807, 2.05) is 0 Å². The summed E-state index contributed by atoms with van der Waals surface area (Å²) in [5.41, 5.74) is -0.216. The minimum Gasteiger partial charge on any atom is -0.458 e. The Morgan fingerprint density at radius 1 is 1.17 bits per heavy atom. The van der Waals surface area contributed by atoms with Crippen molar-refractivity contribution in [3.8, 4) is 0 Å². The summed E-state index contributed by atoms with van der Waals surface area (Å²) in [7, 11) is 0. The quantitative estimate of drug-likeness (QED) is 0.369. The van der Waals surface area contributed by atoms with E-state index in [0.29, 0.717) is 25.9 Å². The number of rotatable bonds is 2. The topological polar surface area (TPSA) is 104 Å². The van der Waals surface area contributed by atoms with Gasteiger partial charge < -0.3 is 24.9 Å². The summed E-state index contributed by atoms with van der Waals surface area (Å²) in [6, 6.07) is 0. The average Bonchev–Trinajstić information content (AvgIpc) is 3.23. The summed E-state index contributed by atoms with van der Waals surface area (Å²) in [4.78, 5) is 24.1. The SMILES string of the molecule is CC12CCC3C(=CCC4CC(O)C(O)CC43C=O)C1(O)CCC2C1=CC(=O)OC1. The summed E-state index contributed by atoms with van der Waals surface area (Å²) in [6.45, 7) is 2.42. The predicted octanol–water partition coefficient (Wildman–Crippen LogP) is 1.67. The molecule has 158 valence electrons. The largest absolute Gasteiger partial charge is 0.458 e. The number of carbonyl (C=O) groups excluding carboxylic acids is 2. The lowest BCUT2D eigenvalue weighted by Gasteiger charge is -2.59. The fourth-order valence-electron chi connectivity index (χ4n) is 7.61. The number of hydrogen-bond donors (Lipinski definition) is 3. The Morgan fingerprint density at radius 2 is 1.93 bits per heavy atom. The molecule has 8 unspecified atom stereocenters. The molecule has 29 heavy (non-hydrogen) atoms. The molecule has 0 spiro atoms. The first-order valence-electron chi connectivity index (χ1n) is 10.9. The summed E-state index contributed by atoms with van der Waals surface area (Å²) in [5.74, 6) is -0.319. The van der Waals surface area contributed by atoms with Crippen molar-refractivity contribution in [2.45, 2.75) is 69.7 Å². The second-order valence-corrected chi connectivity index (χ2v) is 10.2. The van der Waals surface area contributed by atoms with Crippen LogP contribution in [-0.2, 0) is 14.3 Å². The van der Waals surface area contributed by atoms with Gasteiger partial charge in [0.1, 0.15) is 12.9 Å². The Morgan fingerprint density at radius 3 is 2.62 bits per heavy atom. The number of carbonyl (C=O) groups is 2. The molecule has 4 aliphatic carbocycles. The van der Waals surface area contributed by atoms with E-state index >= 15 is 0 Å². The highest BCUT2D eigenvalue weighted by molar-refractivity contribution is 5.85. The molecule has 1 heterocycles. The maximum absolute atomic E-state index is 12.4. The lowest BCUT2D eigenvalue weighted by atomic mass is 9.46. The van der Waals surface area contributed by atoms with Crippen LogP contribution in [0.3, 0.4) is 0 Å². The van der Waals surface area contributed by atoms with Gasteiger partial charge in [-0.2, -0.15) is 0 Å². The van der Waals surface area contributed by atoms with Gasteiger partial charge in [-0.3, -0.25) is 0 Å². The van der Waals surface area contributed by atoms with Gasteiger partial charge in [-0.25, -0.2) is 4.79 Å².